The van der Waals surface area contributed by atoms with Crippen LogP contribution in [-0.4, -0.2) is 34.0 Å². The Kier molecular flexibility index (Phi) is 7.53. The molecule has 1 aromatic carbocycles. The standard InChI is InChI=1S/C15H17FN4O2S3/c1-2-3-8-17-13(22)18-12(21)9-24-14-19-20(15(23)25-14)11-6-4-10(16)5-7-11/h4-7H,2-3,8-9H2,1H3,(H2,17,18,21,22). The van der Waals surface area contributed by atoms with Crippen LogP contribution in [0.5, 0.6) is 0 Å². The smallest absolute Gasteiger partial charge is 0.321 e. The largest absolute Gasteiger partial charge is 0.338 e. The van der Waals surface area contributed by atoms with Gasteiger partial charge in [-0.2, -0.15) is 0 Å². The normalized spacial score (nSPS) is 10.5. The van der Waals surface area contributed by atoms with Gasteiger partial charge < -0.3 is 5.32 Å². The second kappa shape index (κ2) is 9.64. The number of carbonyl (C=O) groups excluding carboxylic acids is 2. The van der Waals surface area contributed by atoms with Crippen LogP contribution >= 0.6 is 35.3 Å². The molecule has 2 rings (SSSR count). The van der Waals surface area contributed by atoms with E-state index in [1.54, 1.807) is 12.1 Å². The first kappa shape index (κ1) is 19.5. The number of halogens is 1. The van der Waals surface area contributed by atoms with Crippen molar-refractivity contribution < 1.29 is 14.0 Å². The fourth-order valence-electron chi connectivity index (χ4n) is 1.78. The van der Waals surface area contributed by atoms with Gasteiger partial charge in [-0.15, -0.1) is 5.10 Å². The molecule has 10 heteroatoms. The molecule has 0 atom stereocenters. The number of hydrogen-bond acceptors (Lipinski definition) is 6. The summed E-state index contributed by atoms with van der Waals surface area (Å²) in [5.41, 5.74) is 0.647. The Morgan fingerprint density at radius 3 is 2.76 bits per heavy atom. The van der Waals surface area contributed by atoms with E-state index in [4.69, 9.17) is 12.2 Å². The number of aromatic nitrogens is 2. The van der Waals surface area contributed by atoms with Crippen molar-refractivity contribution >= 4 is 47.3 Å². The van der Waals surface area contributed by atoms with Gasteiger partial charge in [0, 0.05) is 6.54 Å². The minimum absolute atomic E-state index is 0.0485. The van der Waals surface area contributed by atoms with Crippen LogP contribution in [0.4, 0.5) is 9.18 Å². The van der Waals surface area contributed by atoms with Gasteiger partial charge in [-0.1, -0.05) is 36.4 Å². The summed E-state index contributed by atoms with van der Waals surface area (Å²) in [7, 11) is 0. The van der Waals surface area contributed by atoms with Crippen LogP contribution in [0.1, 0.15) is 19.8 Å². The number of nitrogens with one attached hydrogen (secondary N) is 2. The van der Waals surface area contributed by atoms with Crippen LogP contribution in [0.2, 0.25) is 0 Å². The molecule has 25 heavy (non-hydrogen) atoms. The summed E-state index contributed by atoms with van der Waals surface area (Å²) in [6, 6.07) is 5.31. The van der Waals surface area contributed by atoms with Crippen molar-refractivity contribution in [2.45, 2.75) is 24.1 Å². The zero-order valence-electron chi connectivity index (χ0n) is 13.5. The average Bonchev–Trinajstić information content (AvgIpc) is 2.95. The van der Waals surface area contributed by atoms with Gasteiger partial charge in [0.1, 0.15) is 5.82 Å². The van der Waals surface area contributed by atoms with Gasteiger partial charge in [-0.3, -0.25) is 10.1 Å². The third-order valence-electron chi connectivity index (χ3n) is 3.00. The Morgan fingerprint density at radius 2 is 2.08 bits per heavy atom. The first-order valence-corrected chi connectivity index (χ1v) is 9.77. The molecule has 0 unspecified atom stereocenters. The average molecular weight is 401 g/mol. The maximum absolute atomic E-state index is 13.0. The molecule has 0 aliphatic carbocycles. The van der Waals surface area contributed by atoms with E-state index in [1.165, 1.54) is 39.9 Å². The maximum atomic E-state index is 13.0. The van der Waals surface area contributed by atoms with Crippen molar-refractivity contribution in [2.75, 3.05) is 12.3 Å². The van der Waals surface area contributed by atoms with Gasteiger partial charge >= 0.3 is 6.03 Å². The Hall–Kier alpha value is -1.78. The molecule has 2 aromatic rings. The summed E-state index contributed by atoms with van der Waals surface area (Å²) in [6.07, 6.45) is 1.83. The summed E-state index contributed by atoms with van der Waals surface area (Å²) >= 11 is 7.68. The van der Waals surface area contributed by atoms with E-state index in [-0.39, 0.29) is 11.6 Å². The SMILES string of the molecule is CCCCNC(=O)NC(=O)CSc1nn(-c2ccc(F)cc2)c(=S)s1. The number of nitrogens with zero attached hydrogens (tertiary/aromatic N) is 2. The second-order valence-corrected chi connectivity index (χ2v) is 7.81. The number of amides is 3. The van der Waals surface area contributed by atoms with Crippen LogP contribution in [0.15, 0.2) is 28.6 Å². The first-order chi connectivity index (χ1) is 12.0. The topological polar surface area (TPSA) is 76.0 Å². The van der Waals surface area contributed by atoms with Gasteiger partial charge in [-0.05, 0) is 42.9 Å². The predicted octanol–water partition coefficient (Wildman–Crippen LogP) is 3.52. The Morgan fingerprint density at radius 1 is 1.36 bits per heavy atom. The summed E-state index contributed by atoms with van der Waals surface area (Å²) in [4.78, 5) is 23.3. The third-order valence-corrected chi connectivity index (χ3v) is 5.36. The molecular weight excluding hydrogens is 383 g/mol. The van der Waals surface area contributed by atoms with Crippen molar-refractivity contribution in [3.63, 3.8) is 0 Å². The Balaban J connectivity index is 1.88. The quantitative estimate of drug-likeness (QED) is 0.422. The fraction of sp³-hybridized carbons (Fsp3) is 0.333. The van der Waals surface area contributed by atoms with Crippen molar-refractivity contribution in [2.24, 2.45) is 0 Å². The molecule has 0 saturated carbocycles. The van der Waals surface area contributed by atoms with Crippen LogP contribution in [0.25, 0.3) is 5.69 Å². The van der Waals surface area contributed by atoms with Crippen molar-refractivity contribution in [3.8, 4) is 5.69 Å². The molecule has 0 saturated heterocycles. The van der Waals surface area contributed by atoms with Crippen molar-refractivity contribution in [1.82, 2.24) is 20.4 Å². The van der Waals surface area contributed by atoms with Gasteiger partial charge in [0.25, 0.3) is 0 Å². The highest BCUT2D eigenvalue weighted by molar-refractivity contribution is 8.01. The molecule has 6 nitrogen and oxygen atoms in total. The number of unbranched alkanes of at least 4 members (excludes halogenated alkanes) is 1. The second-order valence-electron chi connectivity index (χ2n) is 4.97. The van der Waals surface area contributed by atoms with Gasteiger partial charge in [-0.25, -0.2) is 13.9 Å². The minimum atomic E-state index is -0.497. The summed E-state index contributed by atoms with van der Waals surface area (Å²) in [6.45, 7) is 2.55. The lowest BCUT2D eigenvalue weighted by Crippen LogP contribution is -2.40. The molecule has 0 fully saturated rings. The number of hydrogen-bond donors (Lipinski definition) is 2. The van der Waals surface area contributed by atoms with E-state index < -0.39 is 11.9 Å². The number of thioether (sulfide) groups is 1. The monoisotopic (exact) mass is 400 g/mol. The number of imide groups is 1. The molecule has 0 bridgehead atoms. The highest BCUT2D eigenvalue weighted by atomic mass is 32.2. The van der Waals surface area contributed by atoms with E-state index in [2.05, 4.69) is 15.7 Å². The van der Waals surface area contributed by atoms with Crippen molar-refractivity contribution in [3.05, 3.63) is 34.0 Å². The lowest BCUT2D eigenvalue weighted by molar-refractivity contribution is -0.117. The van der Waals surface area contributed by atoms with Crippen LogP contribution in [0.3, 0.4) is 0 Å². The zero-order chi connectivity index (χ0) is 18.2. The number of urea groups is 1. The van der Waals surface area contributed by atoms with E-state index in [9.17, 15) is 14.0 Å². The number of benzene rings is 1. The fourth-order valence-corrected chi connectivity index (χ4v) is 3.94. The van der Waals surface area contributed by atoms with Gasteiger partial charge in [0.15, 0.2) is 8.29 Å². The molecule has 1 heterocycles. The van der Waals surface area contributed by atoms with Gasteiger partial charge in [0.2, 0.25) is 5.91 Å². The highest BCUT2D eigenvalue weighted by Crippen LogP contribution is 2.23. The van der Waals surface area contributed by atoms with E-state index >= 15 is 0 Å². The molecule has 0 aliphatic rings. The Bertz CT molecular complexity index is 789. The molecule has 2 N–H and O–H groups in total. The van der Waals surface area contributed by atoms with Crippen LogP contribution in [0, 0.1) is 9.77 Å². The molecule has 0 radical (unpaired) electrons. The lowest BCUT2D eigenvalue weighted by Gasteiger charge is -2.05. The maximum Gasteiger partial charge on any atom is 0.321 e. The Labute approximate surface area is 157 Å². The predicted molar refractivity (Wildman–Crippen MR) is 99.4 cm³/mol. The number of rotatable bonds is 7. The molecular formula is C15H17FN4O2S3. The first-order valence-electron chi connectivity index (χ1n) is 7.56. The van der Waals surface area contributed by atoms with Crippen molar-refractivity contribution in [1.29, 1.82) is 0 Å². The molecule has 3 amide bonds. The summed E-state index contributed by atoms with van der Waals surface area (Å²) < 4.78 is 15.6. The third kappa shape index (κ3) is 6.22. The minimum Gasteiger partial charge on any atom is -0.338 e. The lowest BCUT2D eigenvalue weighted by atomic mass is 10.3. The molecule has 0 spiro atoms. The summed E-state index contributed by atoms with van der Waals surface area (Å²) in [5.74, 6) is -0.699. The van der Waals surface area contributed by atoms with Crippen LogP contribution in [-0.2, 0) is 4.79 Å². The van der Waals surface area contributed by atoms with E-state index in [1.807, 2.05) is 6.92 Å². The molecule has 0 aliphatic heterocycles. The summed E-state index contributed by atoms with van der Waals surface area (Å²) in [5, 5.41) is 9.18. The zero-order valence-corrected chi connectivity index (χ0v) is 15.9. The highest BCUT2D eigenvalue weighted by Gasteiger charge is 2.11. The van der Waals surface area contributed by atoms with E-state index in [0.29, 0.717) is 20.5 Å². The molecule has 134 valence electrons. The van der Waals surface area contributed by atoms with E-state index in [0.717, 1.165) is 12.8 Å². The number of carbonyl (C=O) groups is 2. The van der Waals surface area contributed by atoms with Gasteiger partial charge in [0.05, 0.1) is 11.4 Å². The molecule has 1 aromatic heterocycles. The van der Waals surface area contributed by atoms with Crippen LogP contribution < -0.4 is 10.6 Å².